The third-order valence-corrected chi connectivity index (χ3v) is 4.94. The number of fused-ring (bicyclic) bond motifs is 1. The summed E-state index contributed by atoms with van der Waals surface area (Å²) in [6, 6.07) is 0. The Morgan fingerprint density at radius 1 is 1.36 bits per heavy atom. The first kappa shape index (κ1) is 17.8. The van der Waals surface area contributed by atoms with Crippen LogP contribution in [0, 0.1) is 0 Å². The molecule has 0 saturated carbocycles. The van der Waals surface area contributed by atoms with Crippen LogP contribution < -0.4 is 0 Å². The van der Waals surface area contributed by atoms with Crippen LogP contribution in [0.4, 0.5) is 0 Å². The second kappa shape index (κ2) is 7.93. The number of piperidine rings is 1. The van der Waals surface area contributed by atoms with Crippen LogP contribution in [0.3, 0.4) is 0 Å². The van der Waals surface area contributed by atoms with Gasteiger partial charge in [0.1, 0.15) is 5.56 Å². The minimum absolute atomic E-state index is 0.0132. The summed E-state index contributed by atoms with van der Waals surface area (Å²) in [6.45, 7) is 8.50. The van der Waals surface area contributed by atoms with Gasteiger partial charge >= 0.3 is 0 Å². The smallest absolute Gasteiger partial charge is 0.259 e. The summed E-state index contributed by atoms with van der Waals surface area (Å²) in [5.74, 6) is -0.0132. The van der Waals surface area contributed by atoms with Crippen molar-refractivity contribution >= 4 is 11.6 Å². The second-order valence-corrected chi connectivity index (χ2v) is 6.50. The van der Waals surface area contributed by atoms with E-state index in [1.165, 1.54) is 0 Å². The van der Waals surface area contributed by atoms with Crippen LogP contribution in [-0.2, 0) is 11.3 Å². The van der Waals surface area contributed by atoms with Crippen molar-refractivity contribution < 1.29 is 9.53 Å². The number of amides is 1. The molecule has 7 heteroatoms. The molecule has 1 atom stereocenters. The Hall–Kier alpha value is -1.99. The first-order valence-electron chi connectivity index (χ1n) is 9.02. The maximum absolute atomic E-state index is 12.9. The van der Waals surface area contributed by atoms with Crippen molar-refractivity contribution in [1.29, 1.82) is 0 Å². The Morgan fingerprint density at radius 2 is 2.16 bits per heavy atom. The molecule has 1 fully saturated rings. The van der Waals surface area contributed by atoms with Gasteiger partial charge in [0.25, 0.3) is 5.91 Å². The minimum atomic E-state index is -0.0132. The van der Waals surface area contributed by atoms with Crippen molar-refractivity contribution in [1.82, 2.24) is 24.4 Å². The van der Waals surface area contributed by atoms with Crippen molar-refractivity contribution in [3.8, 4) is 0 Å². The fraction of sp³-hybridized carbons (Fsp3) is 0.611. The predicted octanol–water partition coefficient (Wildman–Crippen LogP) is 1.82. The zero-order valence-electron chi connectivity index (χ0n) is 15.3. The highest BCUT2D eigenvalue weighted by molar-refractivity contribution is 5.99. The van der Waals surface area contributed by atoms with E-state index in [1.807, 2.05) is 17.3 Å². The number of carbonyl (C=O) groups excluding carboxylic acids is 1. The lowest BCUT2D eigenvalue weighted by molar-refractivity contribution is 0.0270. The quantitative estimate of drug-likeness (QED) is 0.799. The summed E-state index contributed by atoms with van der Waals surface area (Å²) in [5.41, 5.74) is 2.27. The van der Waals surface area contributed by atoms with Gasteiger partial charge in [-0.15, -0.1) is 0 Å². The zero-order chi connectivity index (χ0) is 17.8. The summed E-state index contributed by atoms with van der Waals surface area (Å²) in [7, 11) is 1.70. The first-order valence-corrected chi connectivity index (χ1v) is 9.02. The van der Waals surface area contributed by atoms with Crippen molar-refractivity contribution in [3.63, 3.8) is 0 Å². The zero-order valence-corrected chi connectivity index (χ0v) is 15.3. The fourth-order valence-electron chi connectivity index (χ4n) is 3.34. The van der Waals surface area contributed by atoms with Crippen LogP contribution in [0.1, 0.15) is 42.6 Å². The Labute approximate surface area is 148 Å². The average Bonchev–Trinajstić information content (AvgIpc) is 3.08. The second-order valence-electron chi connectivity index (χ2n) is 6.50. The third-order valence-electron chi connectivity index (χ3n) is 4.94. The fourth-order valence-corrected chi connectivity index (χ4v) is 3.34. The van der Waals surface area contributed by atoms with Crippen molar-refractivity contribution in [2.45, 2.75) is 39.3 Å². The van der Waals surface area contributed by atoms with E-state index in [-0.39, 0.29) is 12.0 Å². The van der Waals surface area contributed by atoms with Crippen LogP contribution in [0.25, 0.3) is 5.65 Å². The van der Waals surface area contributed by atoms with E-state index in [2.05, 4.69) is 28.8 Å². The van der Waals surface area contributed by atoms with Gasteiger partial charge in [0, 0.05) is 44.7 Å². The molecular formula is C18H27N5O2. The molecule has 136 valence electrons. The lowest BCUT2D eigenvalue weighted by Gasteiger charge is -2.31. The van der Waals surface area contributed by atoms with E-state index in [4.69, 9.17) is 4.74 Å². The van der Waals surface area contributed by atoms with Gasteiger partial charge in [-0.05, 0) is 25.9 Å². The molecule has 2 aromatic heterocycles. The lowest BCUT2D eigenvalue weighted by Crippen LogP contribution is -2.42. The normalized spacial score (nSPS) is 18.2. The lowest BCUT2D eigenvalue weighted by atomic mass is 10.1. The summed E-state index contributed by atoms with van der Waals surface area (Å²) < 4.78 is 7.13. The van der Waals surface area contributed by atoms with E-state index in [0.29, 0.717) is 17.8 Å². The van der Waals surface area contributed by atoms with Gasteiger partial charge in [0.15, 0.2) is 5.65 Å². The molecule has 1 saturated heterocycles. The van der Waals surface area contributed by atoms with Crippen molar-refractivity contribution in [2.75, 3.05) is 33.3 Å². The highest BCUT2D eigenvalue weighted by atomic mass is 16.5. The number of hydrogen-bond donors (Lipinski definition) is 0. The Kier molecular flexibility index (Phi) is 5.65. The standard InChI is InChI=1S/C18H27N5O2/c1-4-21(5-2)11-14-9-19-17-16(10-20-23(17)12-14)18(24)22-8-6-7-15(13-22)25-3/h9-10,12,15H,4-8,11,13H2,1-3H3/t15-/m1/s1. The predicted molar refractivity (Wildman–Crippen MR) is 95.5 cm³/mol. The van der Waals surface area contributed by atoms with Gasteiger partial charge in [-0.2, -0.15) is 5.10 Å². The molecule has 0 N–H and O–H groups in total. The number of hydrogen-bond acceptors (Lipinski definition) is 5. The Balaban J connectivity index is 1.79. The molecule has 0 aliphatic carbocycles. The first-order chi connectivity index (χ1) is 12.2. The Morgan fingerprint density at radius 3 is 2.88 bits per heavy atom. The molecule has 0 spiro atoms. The SMILES string of the molecule is CCN(CC)Cc1cnc2c(C(=O)N3CCC[C@@H](OC)C3)cnn2c1. The van der Waals surface area contributed by atoms with Gasteiger partial charge < -0.3 is 9.64 Å². The van der Waals surface area contributed by atoms with E-state index in [0.717, 1.165) is 44.6 Å². The topological polar surface area (TPSA) is 63.0 Å². The average molecular weight is 345 g/mol. The van der Waals surface area contributed by atoms with E-state index in [1.54, 1.807) is 17.8 Å². The molecule has 1 amide bonds. The molecule has 3 heterocycles. The highest BCUT2D eigenvalue weighted by Crippen LogP contribution is 2.18. The number of likely N-dealkylation sites (tertiary alicyclic amines) is 1. The molecule has 2 aromatic rings. The van der Waals surface area contributed by atoms with Crippen LogP contribution in [-0.4, -0.2) is 69.7 Å². The van der Waals surface area contributed by atoms with Crippen molar-refractivity contribution in [3.05, 3.63) is 29.7 Å². The summed E-state index contributed by atoms with van der Waals surface area (Å²) in [5, 5.41) is 4.35. The summed E-state index contributed by atoms with van der Waals surface area (Å²) in [4.78, 5) is 21.5. The molecule has 1 aliphatic rings. The van der Waals surface area contributed by atoms with E-state index in [9.17, 15) is 4.79 Å². The van der Waals surface area contributed by atoms with Gasteiger partial charge in [-0.1, -0.05) is 13.8 Å². The van der Waals surface area contributed by atoms with E-state index < -0.39 is 0 Å². The number of methoxy groups -OCH3 is 1. The number of ether oxygens (including phenoxy) is 1. The van der Waals surface area contributed by atoms with Gasteiger partial charge in [0.2, 0.25) is 0 Å². The van der Waals surface area contributed by atoms with Gasteiger partial charge in [-0.25, -0.2) is 9.50 Å². The molecule has 25 heavy (non-hydrogen) atoms. The van der Waals surface area contributed by atoms with Gasteiger partial charge in [-0.3, -0.25) is 9.69 Å². The molecule has 1 aliphatic heterocycles. The number of nitrogens with zero attached hydrogens (tertiary/aromatic N) is 5. The van der Waals surface area contributed by atoms with Crippen LogP contribution in [0.5, 0.6) is 0 Å². The number of aromatic nitrogens is 3. The third kappa shape index (κ3) is 3.82. The minimum Gasteiger partial charge on any atom is -0.380 e. The summed E-state index contributed by atoms with van der Waals surface area (Å²) >= 11 is 0. The van der Waals surface area contributed by atoms with Crippen molar-refractivity contribution in [2.24, 2.45) is 0 Å². The van der Waals surface area contributed by atoms with Crippen LogP contribution in [0.2, 0.25) is 0 Å². The molecule has 0 radical (unpaired) electrons. The highest BCUT2D eigenvalue weighted by Gasteiger charge is 2.26. The van der Waals surface area contributed by atoms with E-state index >= 15 is 0 Å². The van der Waals surface area contributed by atoms with Crippen LogP contribution in [0.15, 0.2) is 18.6 Å². The summed E-state index contributed by atoms with van der Waals surface area (Å²) in [6.07, 6.45) is 7.52. The molecule has 0 bridgehead atoms. The number of rotatable bonds is 6. The molecule has 3 rings (SSSR count). The molecule has 0 aromatic carbocycles. The molecular weight excluding hydrogens is 318 g/mol. The maximum Gasteiger partial charge on any atom is 0.259 e. The molecule has 0 unspecified atom stereocenters. The maximum atomic E-state index is 12.9. The monoisotopic (exact) mass is 345 g/mol. The van der Waals surface area contributed by atoms with Crippen LogP contribution >= 0.6 is 0 Å². The Bertz CT molecular complexity index is 725. The molecule has 7 nitrogen and oxygen atoms in total. The number of carbonyl (C=O) groups is 1. The largest absolute Gasteiger partial charge is 0.380 e. The van der Waals surface area contributed by atoms with Gasteiger partial charge in [0.05, 0.1) is 12.3 Å².